The highest BCUT2D eigenvalue weighted by Gasteiger charge is 2.27. The summed E-state index contributed by atoms with van der Waals surface area (Å²) >= 11 is 0. The number of nitrogens with one attached hydrogen (secondary N) is 1. The number of aryl methyl sites for hydroxylation is 1. The summed E-state index contributed by atoms with van der Waals surface area (Å²) in [7, 11) is -6.97. The zero-order chi connectivity index (χ0) is 28.0. The zero-order valence-corrected chi connectivity index (χ0v) is 23.7. The van der Waals surface area contributed by atoms with Crippen LogP contribution in [0.25, 0.3) is 0 Å². The van der Waals surface area contributed by atoms with Gasteiger partial charge in [0.15, 0.2) is 0 Å². The molecule has 1 aliphatic rings. The second-order valence-corrected chi connectivity index (χ2v) is 13.3. The largest absolute Gasteiger partial charge is 0.492 e. The van der Waals surface area contributed by atoms with Crippen LogP contribution in [0.4, 0.5) is 5.69 Å². The average molecular weight is 572 g/mol. The lowest BCUT2D eigenvalue weighted by molar-refractivity contribution is 0.0947. The molecule has 0 aromatic heterocycles. The lowest BCUT2D eigenvalue weighted by atomic mass is 10.1. The lowest BCUT2D eigenvalue weighted by Crippen LogP contribution is -2.29. The fourth-order valence-corrected chi connectivity index (χ4v) is 6.73. The minimum absolute atomic E-state index is 0.149. The maximum absolute atomic E-state index is 12.6. The SMILES string of the molecule is Cc1cccc(N(Cc2ccc(C(=O)NCCOc3ccc(S(=O)(=O)N4CCCC4)cc3)cc2)S(C)(=O)=O)c1. The Hall–Kier alpha value is -3.41. The molecule has 11 heteroatoms. The molecule has 0 spiro atoms. The third-order valence-electron chi connectivity index (χ3n) is 6.42. The van der Waals surface area contributed by atoms with Gasteiger partial charge in [0.05, 0.1) is 29.9 Å². The standard InChI is InChI=1S/C28H33N3O6S2/c1-22-6-5-7-25(20-22)31(38(2,33)34)21-23-8-10-24(11-9-23)28(32)29-16-19-37-26-12-14-27(15-13-26)39(35,36)30-17-3-4-18-30/h5-15,20H,3-4,16-19,21H2,1-2H3,(H,29,32). The smallest absolute Gasteiger partial charge is 0.251 e. The molecule has 1 fully saturated rings. The van der Waals surface area contributed by atoms with Gasteiger partial charge < -0.3 is 10.1 Å². The lowest BCUT2D eigenvalue weighted by Gasteiger charge is -2.23. The number of anilines is 1. The summed E-state index contributed by atoms with van der Waals surface area (Å²) in [6, 6.07) is 20.4. The maximum atomic E-state index is 12.6. The third-order valence-corrected chi connectivity index (χ3v) is 9.47. The number of rotatable bonds is 11. The molecule has 39 heavy (non-hydrogen) atoms. The molecule has 3 aromatic rings. The summed E-state index contributed by atoms with van der Waals surface area (Å²) < 4.78 is 58.5. The highest BCUT2D eigenvalue weighted by Crippen LogP contribution is 2.23. The Morgan fingerprint density at radius 2 is 1.62 bits per heavy atom. The van der Waals surface area contributed by atoms with Crippen molar-refractivity contribution in [1.82, 2.24) is 9.62 Å². The number of benzene rings is 3. The van der Waals surface area contributed by atoms with E-state index in [9.17, 15) is 21.6 Å². The second kappa shape index (κ2) is 12.2. The predicted molar refractivity (Wildman–Crippen MR) is 151 cm³/mol. The number of hydrogen-bond donors (Lipinski definition) is 1. The molecular formula is C28H33N3O6S2. The van der Waals surface area contributed by atoms with Gasteiger partial charge in [-0.2, -0.15) is 4.31 Å². The molecule has 1 heterocycles. The van der Waals surface area contributed by atoms with Crippen molar-refractivity contribution in [3.05, 3.63) is 89.5 Å². The third kappa shape index (κ3) is 7.37. The number of nitrogens with zero attached hydrogens (tertiary/aromatic N) is 2. The first-order chi connectivity index (χ1) is 18.5. The summed E-state index contributed by atoms with van der Waals surface area (Å²) in [5, 5.41) is 2.79. The number of ether oxygens (including phenoxy) is 1. The van der Waals surface area contributed by atoms with Crippen LogP contribution in [-0.2, 0) is 26.6 Å². The maximum Gasteiger partial charge on any atom is 0.251 e. The quantitative estimate of drug-likeness (QED) is 0.352. The number of amides is 1. The van der Waals surface area contributed by atoms with Gasteiger partial charge in [0.2, 0.25) is 20.0 Å². The van der Waals surface area contributed by atoms with Crippen LogP contribution in [0.2, 0.25) is 0 Å². The van der Waals surface area contributed by atoms with Gasteiger partial charge in [-0.15, -0.1) is 0 Å². The first-order valence-electron chi connectivity index (χ1n) is 12.7. The highest BCUT2D eigenvalue weighted by atomic mass is 32.2. The molecule has 0 aliphatic carbocycles. The molecule has 208 valence electrons. The summed E-state index contributed by atoms with van der Waals surface area (Å²) in [5.74, 6) is 0.230. The molecule has 1 saturated heterocycles. The van der Waals surface area contributed by atoms with Crippen molar-refractivity contribution >= 4 is 31.6 Å². The van der Waals surface area contributed by atoms with Gasteiger partial charge in [-0.3, -0.25) is 9.10 Å². The van der Waals surface area contributed by atoms with Crippen LogP contribution < -0.4 is 14.4 Å². The fourth-order valence-electron chi connectivity index (χ4n) is 4.33. The fraction of sp³-hybridized carbons (Fsp3) is 0.321. The monoisotopic (exact) mass is 571 g/mol. The number of carbonyl (C=O) groups is 1. The predicted octanol–water partition coefficient (Wildman–Crippen LogP) is 3.55. The van der Waals surface area contributed by atoms with Gasteiger partial charge in [-0.1, -0.05) is 24.3 Å². The van der Waals surface area contributed by atoms with E-state index in [4.69, 9.17) is 4.74 Å². The molecule has 0 radical (unpaired) electrons. The van der Waals surface area contributed by atoms with Crippen molar-refractivity contribution in [2.24, 2.45) is 0 Å². The molecule has 0 unspecified atom stereocenters. The van der Waals surface area contributed by atoms with Crippen LogP contribution in [0.3, 0.4) is 0 Å². The van der Waals surface area contributed by atoms with Crippen LogP contribution in [0.5, 0.6) is 5.75 Å². The van der Waals surface area contributed by atoms with Crippen LogP contribution in [0.15, 0.2) is 77.7 Å². The van der Waals surface area contributed by atoms with Crippen molar-refractivity contribution in [2.45, 2.75) is 31.2 Å². The zero-order valence-electron chi connectivity index (χ0n) is 22.0. The Bertz CT molecular complexity index is 1500. The van der Waals surface area contributed by atoms with Crippen molar-refractivity contribution in [3.63, 3.8) is 0 Å². The summed E-state index contributed by atoms with van der Waals surface area (Å²) in [6.45, 7) is 3.62. The van der Waals surface area contributed by atoms with Crippen LogP contribution in [-0.4, -0.2) is 59.5 Å². The minimum atomic E-state index is -3.50. The molecule has 9 nitrogen and oxygen atoms in total. The van der Waals surface area contributed by atoms with E-state index in [1.807, 2.05) is 25.1 Å². The summed E-state index contributed by atoms with van der Waals surface area (Å²) in [6.07, 6.45) is 2.93. The van der Waals surface area contributed by atoms with Gasteiger partial charge in [-0.05, 0) is 79.4 Å². The minimum Gasteiger partial charge on any atom is -0.492 e. The van der Waals surface area contributed by atoms with Crippen LogP contribution in [0.1, 0.15) is 34.3 Å². The van der Waals surface area contributed by atoms with E-state index in [2.05, 4.69) is 5.32 Å². The normalized spacial score (nSPS) is 14.2. The van der Waals surface area contributed by atoms with Gasteiger partial charge in [0.25, 0.3) is 5.91 Å². The van der Waals surface area contributed by atoms with Crippen molar-refractivity contribution in [1.29, 1.82) is 0 Å². The van der Waals surface area contributed by atoms with E-state index in [0.717, 1.165) is 24.0 Å². The molecule has 3 aromatic carbocycles. The van der Waals surface area contributed by atoms with Gasteiger partial charge >= 0.3 is 0 Å². The number of carbonyl (C=O) groups excluding carboxylic acids is 1. The number of hydrogen-bond acceptors (Lipinski definition) is 6. The molecule has 0 saturated carbocycles. The van der Waals surface area contributed by atoms with Crippen molar-refractivity contribution in [3.8, 4) is 5.75 Å². The highest BCUT2D eigenvalue weighted by molar-refractivity contribution is 7.92. The van der Waals surface area contributed by atoms with Crippen LogP contribution in [0, 0.1) is 6.92 Å². The molecule has 4 rings (SSSR count). The first-order valence-corrected chi connectivity index (χ1v) is 16.0. The van der Waals surface area contributed by atoms with E-state index < -0.39 is 20.0 Å². The number of sulfonamides is 2. The van der Waals surface area contributed by atoms with E-state index in [1.54, 1.807) is 42.5 Å². The first kappa shape index (κ1) is 28.6. The average Bonchev–Trinajstić information content (AvgIpc) is 3.46. The van der Waals surface area contributed by atoms with E-state index in [-0.39, 0.29) is 30.5 Å². The van der Waals surface area contributed by atoms with E-state index in [0.29, 0.717) is 30.1 Å². The molecule has 0 atom stereocenters. The Morgan fingerprint density at radius 3 is 2.23 bits per heavy atom. The van der Waals surface area contributed by atoms with Crippen molar-refractivity contribution in [2.75, 3.05) is 36.8 Å². The molecular weight excluding hydrogens is 538 g/mol. The van der Waals surface area contributed by atoms with Gasteiger partial charge in [-0.25, -0.2) is 16.8 Å². The topological polar surface area (TPSA) is 113 Å². The molecule has 1 N–H and O–H groups in total. The molecule has 1 aliphatic heterocycles. The van der Waals surface area contributed by atoms with Gasteiger partial charge in [0.1, 0.15) is 12.4 Å². The van der Waals surface area contributed by atoms with E-state index in [1.165, 1.54) is 27.0 Å². The summed E-state index contributed by atoms with van der Waals surface area (Å²) in [4.78, 5) is 12.8. The van der Waals surface area contributed by atoms with Crippen molar-refractivity contribution < 1.29 is 26.4 Å². The Kier molecular flexibility index (Phi) is 8.94. The summed E-state index contributed by atoms with van der Waals surface area (Å²) in [5.41, 5.74) is 2.73. The Balaban J connectivity index is 1.27. The van der Waals surface area contributed by atoms with E-state index >= 15 is 0 Å². The molecule has 0 bridgehead atoms. The Labute approximate surface area is 230 Å². The second-order valence-electron chi connectivity index (χ2n) is 9.49. The van der Waals surface area contributed by atoms with Crippen LogP contribution >= 0.6 is 0 Å². The molecule has 1 amide bonds. The Morgan fingerprint density at radius 1 is 0.949 bits per heavy atom. The van der Waals surface area contributed by atoms with Gasteiger partial charge in [0, 0.05) is 18.7 Å².